The van der Waals surface area contributed by atoms with Gasteiger partial charge in [-0.1, -0.05) is 110 Å². The van der Waals surface area contributed by atoms with Gasteiger partial charge in [-0.15, -0.1) is 0 Å². The van der Waals surface area contributed by atoms with Crippen LogP contribution in [0.3, 0.4) is 0 Å². The maximum atomic E-state index is 3.36. The Balaban J connectivity index is 2.91. The van der Waals surface area contributed by atoms with Gasteiger partial charge in [-0.25, -0.2) is 0 Å². The number of rotatable bonds is 19. The van der Waals surface area contributed by atoms with Crippen molar-refractivity contribution in [3.05, 3.63) is 6.54 Å². The van der Waals surface area contributed by atoms with E-state index in [9.17, 15) is 0 Å². The summed E-state index contributed by atoms with van der Waals surface area (Å²) in [4.78, 5) is 0. The van der Waals surface area contributed by atoms with E-state index in [0.29, 0.717) is 0 Å². The van der Waals surface area contributed by atoms with E-state index in [0.717, 1.165) is 6.42 Å². The van der Waals surface area contributed by atoms with Gasteiger partial charge in [0.15, 0.2) is 0 Å². The Bertz CT molecular complexity index is 159. The average molecular weight is 311 g/mol. The maximum absolute atomic E-state index is 3.36. The molecule has 0 heterocycles. The molecule has 0 aliphatic heterocycles. The Morgan fingerprint density at radius 1 is 0.500 bits per heavy atom. The highest BCUT2D eigenvalue weighted by atomic mass is 14.8. The summed E-state index contributed by atoms with van der Waals surface area (Å²) in [5.41, 5.74) is 0. The van der Waals surface area contributed by atoms with E-state index in [4.69, 9.17) is 0 Å². The van der Waals surface area contributed by atoms with Gasteiger partial charge in [0.1, 0.15) is 0 Å². The van der Waals surface area contributed by atoms with E-state index >= 15 is 0 Å². The van der Waals surface area contributed by atoms with Gasteiger partial charge < -0.3 is 5.32 Å². The SMILES string of the molecule is CC[CH]NCCCCCCCCCCCCCCCCCC. The lowest BCUT2D eigenvalue weighted by molar-refractivity contribution is 0.527. The van der Waals surface area contributed by atoms with Gasteiger partial charge in [-0.3, -0.25) is 0 Å². The minimum Gasteiger partial charge on any atom is -0.312 e. The van der Waals surface area contributed by atoms with Crippen LogP contribution < -0.4 is 5.32 Å². The predicted molar refractivity (Wildman–Crippen MR) is 102 cm³/mol. The summed E-state index contributed by atoms with van der Waals surface area (Å²) in [5.74, 6) is 0. The second-order valence-electron chi connectivity index (χ2n) is 6.87. The van der Waals surface area contributed by atoms with Gasteiger partial charge in [0, 0.05) is 6.54 Å². The van der Waals surface area contributed by atoms with Crippen LogP contribution in [-0.2, 0) is 0 Å². The summed E-state index contributed by atoms with van der Waals surface area (Å²) in [5, 5.41) is 3.36. The summed E-state index contributed by atoms with van der Waals surface area (Å²) in [6, 6.07) is 0. The first-order valence-corrected chi connectivity index (χ1v) is 10.5. The summed E-state index contributed by atoms with van der Waals surface area (Å²) in [7, 11) is 0. The molecule has 1 heteroatoms. The van der Waals surface area contributed by atoms with Crippen molar-refractivity contribution >= 4 is 0 Å². The highest BCUT2D eigenvalue weighted by Gasteiger charge is 1.94. The quantitative estimate of drug-likeness (QED) is 0.245. The van der Waals surface area contributed by atoms with E-state index in [2.05, 4.69) is 25.7 Å². The maximum Gasteiger partial charge on any atom is 0.0218 e. The third-order valence-electron chi connectivity index (χ3n) is 4.52. The van der Waals surface area contributed by atoms with E-state index in [1.165, 1.54) is 109 Å². The molecule has 0 saturated heterocycles. The van der Waals surface area contributed by atoms with Crippen molar-refractivity contribution in [3.63, 3.8) is 0 Å². The highest BCUT2D eigenvalue weighted by Crippen LogP contribution is 2.13. The fourth-order valence-electron chi connectivity index (χ4n) is 3.02. The number of nitrogens with one attached hydrogen (secondary N) is 1. The fraction of sp³-hybridized carbons (Fsp3) is 0.952. The molecule has 0 atom stereocenters. The second-order valence-corrected chi connectivity index (χ2v) is 6.87. The van der Waals surface area contributed by atoms with Gasteiger partial charge in [0.25, 0.3) is 0 Å². The van der Waals surface area contributed by atoms with Crippen molar-refractivity contribution in [2.45, 2.75) is 123 Å². The van der Waals surface area contributed by atoms with Crippen LogP contribution in [0.1, 0.15) is 123 Å². The summed E-state index contributed by atoms with van der Waals surface area (Å²) >= 11 is 0. The zero-order valence-corrected chi connectivity index (χ0v) is 15.8. The van der Waals surface area contributed by atoms with Gasteiger partial charge in [-0.2, -0.15) is 0 Å². The van der Waals surface area contributed by atoms with Crippen LogP contribution in [-0.4, -0.2) is 6.54 Å². The lowest BCUT2D eigenvalue weighted by Crippen LogP contribution is -2.10. The van der Waals surface area contributed by atoms with Crippen LogP contribution in [0.15, 0.2) is 0 Å². The van der Waals surface area contributed by atoms with Crippen molar-refractivity contribution in [2.75, 3.05) is 6.54 Å². The Hall–Kier alpha value is -0.0400. The third kappa shape index (κ3) is 20.0. The monoisotopic (exact) mass is 310 g/mol. The molecule has 0 aliphatic rings. The minimum absolute atomic E-state index is 1.14. The molecule has 0 aliphatic carbocycles. The Morgan fingerprint density at radius 3 is 1.23 bits per heavy atom. The second kappa shape index (κ2) is 21.0. The zero-order valence-electron chi connectivity index (χ0n) is 15.8. The summed E-state index contributed by atoms with van der Waals surface area (Å²) in [6.45, 7) is 7.82. The van der Waals surface area contributed by atoms with Gasteiger partial charge in [0.2, 0.25) is 0 Å². The molecule has 1 N–H and O–H groups in total. The van der Waals surface area contributed by atoms with Gasteiger partial charge in [-0.05, 0) is 19.4 Å². The zero-order chi connectivity index (χ0) is 16.1. The molecule has 0 rings (SSSR count). The third-order valence-corrected chi connectivity index (χ3v) is 4.52. The first-order chi connectivity index (χ1) is 10.9. The first-order valence-electron chi connectivity index (χ1n) is 10.5. The minimum atomic E-state index is 1.14. The summed E-state index contributed by atoms with van der Waals surface area (Å²) < 4.78 is 0. The number of hydrogen-bond acceptors (Lipinski definition) is 1. The topological polar surface area (TPSA) is 12.0 Å². The van der Waals surface area contributed by atoms with Crippen molar-refractivity contribution < 1.29 is 0 Å². The lowest BCUT2D eigenvalue weighted by Gasteiger charge is -2.04. The van der Waals surface area contributed by atoms with Crippen molar-refractivity contribution in [2.24, 2.45) is 0 Å². The average Bonchev–Trinajstić information content (AvgIpc) is 2.54. The van der Waals surface area contributed by atoms with E-state index in [1.54, 1.807) is 0 Å². The van der Waals surface area contributed by atoms with E-state index in [-0.39, 0.29) is 0 Å². The molecule has 1 nitrogen and oxygen atoms in total. The molecule has 133 valence electrons. The van der Waals surface area contributed by atoms with Crippen LogP contribution in [0.25, 0.3) is 0 Å². The normalized spacial score (nSPS) is 11.2. The molecule has 0 fully saturated rings. The molecule has 0 unspecified atom stereocenters. The lowest BCUT2D eigenvalue weighted by atomic mass is 10.0. The van der Waals surface area contributed by atoms with E-state index in [1.807, 2.05) is 0 Å². The molecule has 0 amide bonds. The molecular weight excluding hydrogens is 266 g/mol. The highest BCUT2D eigenvalue weighted by molar-refractivity contribution is 4.58. The summed E-state index contributed by atoms with van der Waals surface area (Å²) in [6.07, 6.45) is 24.3. The Labute approximate surface area is 142 Å². The molecule has 0 aromatic heterocycles. The largest absolute Gasteiger partial charge is 0.312 e. The number of unbranched alkanes of at least 4 members (excludes halogenated alkanes) is 15. The first kappa shape index (κ1) is 22.0. The fourth-order valence-corrected chi connectivity index (χ4v) is 3.02. The standard InChI is InChI=1S/C21H44N/c1-3-5-6-7-8-9-10-11-12-13-14-15-16-17-18-19-21-22-20-4-2/h20,22H,3-19,21H2,1-2H3. The van der Waals surface area contributed by atoms with Crippen LogP contribution in [0.4, 0.5) is 0 Å². The molecule has 0 aromatic carbocycles. The smallest absolute Gasteiger partial charge is 0.0218 e. The molecule has 0 aromatic rings. The van der Waals surface area contributed by atoms with Crippen LogP contribution in [0.5, 0.6) is 0 Å². The Morgan fingerprint density at radius 2 is 0.864 bits per heavy atom. The van der Waals surface area contributed by atoms with Gasteiger partial charge >= 0.3 is 0 Å². The Kier molecular flexibility index (Phi) is 20.9. The van der Waals surface area contributed by atoms with Crippen molar-refractivity contribution in [3.8, 4) is 0 Å². The predicted octanol–water partition coefficient (Wildman–Crippen LogP) is 7.41. The number of hydrogen-bond donors (Lipinski definition) is 1. The van der Waals surface area contributed by atoms with Gasteiger partial charge in [0.05, 0.1) is 0 Å². The molecule has 0 saturated carbocycles. The molecule has 0 spiro atoms. The van der Waals surface area contributed by atoms with Crippen molar-refractivity contribution in [1.82, 2.24) is 5.32 Å². The molecular formula is C21H44N. The van der Waals surface area contributed by atoms with Crippen molar-refractivity contribution in [1.29, 1.82) is 0 Å². The van der Waals surface area contributed by atoms with Crippen LogP contribution in [0.2, 0.25) is 0 Å². The molecule has 0 bridgehead atoms. The van der Waals surface area contributed by atoms with Crippen LogP contribution >= 0.6 is 0 Å². The van der Waals surface area contributed by atoms with Crippen LogP contribution in [0, 0.1) is 6.54 Å². The molecule has 22 heavy (non-hydrogen) atoms. The van der Waals surface area contributed by atoms with E-state index < -0.39 is 0 Å². The molecule has 1 radical (unpaired) electrons.